The van der Waals surface area contributed by atoms with E-state index in [1.54, 1.807) is 0 Å². The molecule has 0 unspecified atom stereocenters. The Labute approximate surface area is 98.6 Å². The lowest BCUT2D eigenvalue weighted by atomic mass is 9.90. The third-order valence-electron chi connectivity index (χ3n) is 2.69. The van der Waals surface area contributed by atoms with Gasteiger partial charge in [0.2, 0.25) is 0 Å². The summed E-state index contributed by atoms with van der Waals surface area (Å²) in [6, 6.07) is 9.32. The van der Waals surface area contributed by atoms with Gasteiger partial charge in [0.25, 0.3) is 0 Å². The molecule has 1 aliphatic heterocycles. The Morgan fingerprint density at radius 3 is 2.76 bits per heavy atom. The molecule has 1 aliphatic rings. The van der Waals surface area contributed by atoms with Crippen LogP contribution in [0.1, 0.15) is 11.5 Å². The van der Waals surface area contributed by atoms with Crippen LogP contribution in [0.4, 0.5) is 0 Å². The summed E-state index contributed by atoms with van der Waals surface area (Å²) < 4.78 is 4.65. The standard InChI is InChI=1S/C12H13NO4/c1-16-12(15)11-10(9(7-14)17-13-11)8-5-3-2-4-6-8/h2-6,9-10,14H,7H2,1H3/t9-,10-/m0/s1. The number of methoxy groups -OCH3 is 1. The molecule has 0 saturated heterocycles. The molecule has 0 aromatic heterocycles. The zero-order valence-corrected chi connectivity index (χ0v) is 9.37. The second kappa shape index (κ2) is 4.97. The van der Waals surface area contributed by atoms with E-state index in [0.29, 0.717) is 0 Å². The highest BCUT2D eigenvalue weighted by atomic mass is 16.7. The summed E-state index contributed by atoms with van der Waals surface area (Å²) in [5.74, 6) is -0.913. The number of carbonyl (C=O) groups excluding carboxylic acids is 1. The molecule has 0 amide bonds. The van der Waals surface area contributed by atoms with Crippen LogP contribution in [0.5, 0.6) is 0 Å². The van der Waals surface area contributed by atoms with Gasteiger partial charge >= 0.3 is 5.97 Å². The summed E-state index contributed by atoms with van der Waals surface area (Å²) in [6.07, 6.45) is -0.536. The maximum absolute atomic E-state index is 11.5. The second-order valence-electron chi connectivity index (χ2n) is 3.68. The number of hydrogen-bond acceptors (Lipinski definition) is 5. The number of rotatable bonds is 3. The van der Waals surface area contributed by atoms with Crippen molar-refractivity contribution in [3.8, 4) is 0 Å². The first-order valence-corrected chi connectivity index (χ1v) is 5.25. The fraction of sp³-hybridized carbons (Fsp3) is 0.333. The van der Waals surface area contributed by atoms with Crippen LogP contribution in [0, 0.1) is 0 Å². The van der Waals surface area contributed by atoms with Gasteiger partial charge in [-0.3, -0.25) is 0 Å². The molecule has 1 aromatic rings. The molecule has 5 heteroatoms. The van der Waals surface area contributed by atoms with E-state index in [-0.39, 0.29) is 18.2 Å². The summed E-state index contributed by atoms with van der Waals surface area (Å²) in [6.45, 7) is -0.205. The van der Waals surface area contributed by atoms with Gasteiger partial charge in [0.15, 0.2) is 11.8 Å². The molecule has 5 nitrogen and oxygen atoms in total. The average molecular weight is 235 g/mol. The Balaban J connectivity index is 2.33. The number of ether oxygens (including phenoxy) is 1. The quantitative estimate of drug-likeness (QED) is 0.783. The number of benzene rings is 1. The first kappa shape index (κ1) is 11.6. The molecule has 1 heterocycles. The van der Waals surface area contributed by atoms with Crippen molar-refractivity contribution in [2.24, 2.45) is 5.16 Å². The summed E-state index contributed by atoms with van der Waals surface area (Å²) in [4.78, 5) is 16.6. The van der Waals surface area contributed by atoms with Crippen LogP contribution in [0.3, 0.4) is 0 Å². The van der Waals surface area contributed by atoms with E-state index in [0.717, 1.165) is 5.56 Å². The van der Waals surface area contributed by atoms with Crippen molar-refractivity contribution < 1.29 is 19.5 Å². The number of aliphatic hydroxyl groups is 1. The molecule has 0 aliphatic carbocycles. The maximum atomic E-state index is 11.5. The first-order chi connectivity index (χ1) is 8.27. The number of carbonyl (C=O) groups is 1. The van der Waals surface area contributed by atoms with Crippen LogP contribution >= 0.6 is 0 Å². The van der Waals surface area contributed by atoms with Crippen LogP contribution < -0.4 is 0 Å². The zero-order valence-electron chi connectivity index (χ0n) is 9.37. The van der Waals surface area contributed by atoms with Crippen molar-refractivity contribution in [1.82, 2.24) is 0 Å². The van der Waals surface area contributed by atoms with Gasteiger partial charge in [-0.1, -0.05) is 35.5 Å². The lowest BCUT2D eigenvalue weighted by Crippen LogP contribution is -2.29. The van der Waals surface area contributed by atoms with Crippen LogP contribution in [-0.4, -0.2) is 36.6 Å². The normalized spacial score (nSPS) is 22.8. The summed E-state index contributed by atoms with van der Waals surface area (Å²) in [5.41, 5.74) is 1.06. The summed E-state index contributed by atoms with van der Waals surface area (Å²) in [5, 5.41) is 12.9. The number of esters is 1. The molecule has 1 aromatic carbocycles. The molecular formula is C12H13NO4. The predicted octanol–water partition coefficient (Wildman–Crippen LogP) is 0.690. The highest BCUT2D eigenvalue weighted by molar-refractivity contribution is 6.39. The Kier molecular flexibility index (Phi) is 3.39. The minimum atomic E-state index is -0.536. The average Bonchev–Trinajstić information content (AvgIpc) is 2.82. The van der Waals surface area contributed by atoms with Crippen molar-refractivity contribution in [3.05, 3.63) is 35.9 Å². The van der Waals surface area contributed by atoms with E-state index >= 15 is 0 Å². The van der Waals surface area contributed by atoms with Crippen LogP contribution in [0.25, 0.3) is 0 Å². The minimum absolute atomic E-state index is 0.192. The first-order valence-electron chi connectivity index (χ1n) is 5.25. The molecule has 17 heavy (non-hydrogen) atoms. The molecule has 90 valence electrons. The van der Waals surface area contributed by atoms with E-state index in [1.165, 1.54) is 7.11 Å². The Hall–Kier alpha value is -1.88. The highest BCUT2D eigenvalue weighted by Gasteiger charge is 2.39. The van der Waals surface area contributed by atoms with Crippen molar-refractivity contribution >= 4 is 11.7 Å². The molecule has 0 saturated carbocycles. The van der Waals surface area contributed by atoms with E-state index in [1.807, 2.05) is 30.3 Å². The lowest BCUT2D eigenvalue weighted by Gasteiger charge is -2.16. The van der Waals surface area contributed by atoms with E-state index in [9.17, 15) is 9.90 Å². The number of hydrogen-bond donors (Lipinski definition) is 1. The minimum Gasteiger partial charge on any atom is -0.464 e. The SMILES string of the molecule is COC(=O)C1=NO[C@@H](CO)[C@@H]1c1ccccc1. The van der Waals surface area contributed by atoms with Crippen molar-refractivity contribution in [3.63, 3.8) is 0 Å². The topological polar surface area (TPSA) is 68.1 Å². The monoisotopic (exact) mass is 235 g/mol. The molecule has 1 N–H and O–H groups in total. The number of aliphatic hydroxyl groups excluding tert-OH is 1. The second-order valence-corrected chi connectivity index (χ2v) is 3.68. The molecular weight excluding hydrogens is 222 g/mol. The number of nitrogens with zero attached hydrogens (tertiary/aromatic N) is 1. The highest BCUT2D eigenvalue weighted by Crippen LogP contribution is 2.29. The third kappa shape index (κ3) is 2.14. The van der Waals surface area contributed by atoms with Gasteiger partial charge in [0.05, 0.1) is 19.6 Å². The van der Waals surface area contributed by atoms with E-state index in [2.05, 4.69) is 9.89 Å². The Morgan fingerprint density at radius 1 is 1.47 bits per heavy atom. The molecule has 2 rings (SSSR count). The Morgan fingerprint density at radius 2 is 2.18 bits per heavy atom. The van der Waals surface area contributed by atoms with Gasteiger partial charge in [0, 0.05) is 0 Å². The van der Waals surface area contributed by atoms with Gasteiger partial charge in [0.1, 0.15) is 0 Å². The van der Waals surface area contributed by atoms with Gasteiger partial charge in [-0.25, -0.2) is 4.79 Å². The largest absolute Gasteiger partial charge is 0.464 e. The fourth-order valence-electron chi connectivity index (χ4n) is 1.86. The Bertz CT molecular complexity index is 429. The number of oxime groups is 1. The molecule has 0 fully saturated rings. The third-order valence-corrected chi connectivity index (χ3v) is 2.69. The molecule has 0 radical (unpaired) electrons. The van der Waals surface area contributed by atoms with Gasteiger partial charge in [-0.15, -0.1) is 0 Å². The van der Waals surface area contributed by atoms with Gasteiger partial charge < -0.3 is 14.7 Å². The van der Waals surface area contributed by atoms with E-state index in [4.69, 9.17) is 4.84 Å². The maximum Gasteiger partial charge on any atom is 0.356 e. The van der Waals surface area contributed by atoms with Crippen molar-refractivity contribution in [1.29, 1.82) is 0 Å². The van der Waals surface area contributed by atoms with Crippen molar-refractivity contribution in [2.45, 2.75) is 12.0 Å². The molecule has 0 spiro atoms. The van der Waals surface area contributed by atoms with Crippen molar-refractivity contribution in [2.75, 3.05) is 13.7 Å². The van der Waals surface area contributed by atoms with Gasteiger partial charge in [-0.05, 0) is 5.56 Å². The molecule has 2 atom stereocenters. The van der Waals surface area contributed by atoms with Crippen LogP contribution in [-0.2, 0) is 14.4 Å². The van der Waals surface area contributed by atoms with Crippen LogP contribution in [0.2, 0.25) is 0 Å². The fourth-order valence-corrected chi connectivity index (χ4v) is 1.86. The lowest BCUT2D eigenvalue weighted by molar-refractivity contribution is -0.132. The predicted molar refractivity (Wildman–Crippen MR) is 60.6 cm³/mol. The summed E-state index contributed by atoms with van der Waals surface area (Å²) >= 11 is 0. The van der Waals surface area contributed by atoms with E-state index < -0.39 is 12.1 Å². The molecule has 0 bridgehead atoms. The zero-order chi connectivity index (χ0) is 12.3. The summed E-state index contributed by atoms with van der Waals surface area (Å²) in [7, 11) is 1.29. The van der Waals surface area contributed by atoms with Crippen LogP contribution in [0.15, 0.2) is 35.5 Å². The smallest absolute Gasteiger partial charge is 0.356 e. The van der Waals surface area contributed by atoms with Gasteiger partial charge in [-0.2, -0.15) is 0 Å².